The maximum absolute atomic E-state index is 10.3. The predicted octanol–water partition coefficient (Wildman–Crippen LogP) is 2.81. The number of benzene rings is 1. The molecule has 5 heteroatoms. The molecule has 0 aliphatic rings. The first-order chi connectivity index (χ1) is 6.13. The third kappa shape index (κ3) is 2.57. The first-order valence-corrected chi connectivity index (χ1v) is 4.47. The highest BCUT2D eigenvalue weighted by molar-refractivity contribution is 6.29. The summed E-state index contributed by atoms with van der Waals surface area (Å²) in [4.78, 5) is 9.70. The van der Waals surface area contributed by atoms with Gasteiger partial charge in [-0.3, -0.25) is 10.1 Å². The number of hydrogen-bond acceptors (Lipinski definition) is 2. The van der Waals surface area contributed by atoms with E-state index in [9.17, 15) is 10.1 Å². The number of nitro groups is 1. The Morgan fingerprint density at radius 1 is 1.23 bits per heavy atom. The molecule has 3 nitrogen and oxygen atoms in total. The Morgan fingerprint density at radius 3 is 2.23 bits per heavy atom. The van der Waals surface area contributed by atoms with Crippen LogP contribution in [0.2, 0.25) is 0 Å². The van der Waals surface area contributed by atoms with Crippen LogP contribution < -0.4 is 0 Å². The molecular weight excluding hydrogens is 213 g/mol. The van der Waals surface area contributed by atoms with Gasteiger partial charge in [-0.15, -0.1) is 11.6 Å². The van der Waals surface area contributed by atoms with Gasteiger partial charge in [-0.25, -0.2) is 0 Å². The van der Waals surface area contributed by atoms with Crippen molar-refractivity contribution in [2.45, 2.75) is 10.9 Å². The van der Waals surface area contributed by atoms with E-state index in [0.29, 0.717) is 5.56 Å². The van der Waals surface area contributed by atoms with Gasteiger partial charge < -0.3 is 0 Å². The SMILES string of the molecule is O=[N+]([O-])C(Cl)C(Cl)c1ccccc1. The Morgan fingerprint density at radius 2 is 1.77 bits per heavy atom. The van der Waals surface area contributed by atoms with E-state index in [1.54, 1.807) is 24.3 Å². The zero-order valence-corrected chi connectivity index (χ0v) is 8.07. The molecule has 0 aliphatic heterocycles. The van der Waals surface area contributed by atoms with Gasteiger partial charge in [-0.2, -0.15) is 0 Å². The van der Waals surface area contributed by atoms with Crippen LogP contribution >= 0.6 is 23.2 Å². The van der Waals surface area contributed by atoms with E-state index in [2.05, 4.69) is 0 Å². The van der Waals surface area contributed by atoms with Crippen LogP contribution in [0, 0.1) is 10.1 Å². The zero-order chi connectivity index (χ0) is 9.84. The Balaban J connectivity index is 2.79. The van der Waals surface area contributed by atoms with Crippen molar-refractivity contribution in [1.82, 2.24) is 0 Å². The fraction of sp³-hybridized carbons (Fsp3) is 0.250. The molecule has 0 aliphatic carbocycles. The van der Waals surface area contributed by atoms with Crippen LogP contribution in [0.3, 0.4) is 0 Å². The van der Waals surface area contributed by atoms with Crippen molar-refractivity contribution < 1.29 is 4.92 Å². The van der Waals surface area contributed by atoms with Gasteiger partial charge in [-0.1, -0.05) is 30.3 Å². The van der Waals surface area contributed by atoms with Gasteiger partial charge in [0.2, 0.25) is 0 Å². The highest BCUT2D eigenvalue weighted by Crippen LogP contribution is 2.27. The molecule has 0 amide bonds. The van der Waals surface area contributed by atoms with Crippen LogP contribution in [0.5, 0.6) is 0 Å². The first kappa shape index (κ1) is 10.3. The van der Waals surface area contributed by atoms with E-state index in [-0.39, 0.29) is 0 Å². The summed E-state index contributed by atoms with van der Waals surface area (Å²) in [6.45, 7) is 0. The molecule has 0 saturated carbocycles. The maximum Gasteiger partial charge on any atom is 0.306 e. The summed E-state index contributed by atoms with van der Waals surface area (Å²) in [7, 11) is 0. The molecule has 0 saturated heterocycles. The van der Waals surface area contributed by atoms with E-state index in [1.165, 1.54) is 0 Å². The zero-order valence-electron chi connectivity index (χ0n) is 6.56. The quantitative estimate of drug-likeness (QED) is 0.340. The van der Waals surface area contributed by atoms with Gasteiger partial charge in [0.15, 0.2) is 0 Å². The summed E-state index contributed by atoms with van der Waals surface area (Å²) in [5.41, 5.74) is -0.634. The molecule has 1 rings (SSSR count). The van der Waals surface area contributed by atoms with Crippen LogP contribution in [0.1, 0.15) is 10.9 Å². The van der Waals surface area contributed by atoms with E-state index >= 15 is 0 Å². The van der Waals surface area contributed by atoms with Crippen LogP contribution in [-0.2, 0) is 0 Å². The second-order valence-electron chi connectivity index (χ2n) is 2.47. The molecule has 0 bridgehead atoms. The summed E-state index contributed by atoms with van der Waals surface area (Å²) in [6, 6.07) is 8.73. The lowest BCUT2D eigenvalue weighted by molar-refractivity contribution is -0.498. The molecule has 2 atom stereocenters. The van der Waals surface area contributed by atoms with E-state index in [1.807, 2.05) is 6.07 Å². The van der Waals surface area contributed by atoms with Gasteiger partial charge in [0.1, 0.15) is 5.38 Å². The maximum atomic E-state index is 10.3. The highest BCUT2D eigenvalue weighted by atomic mass is 35.5. The Hall–Kier alpha value is -0.800. The van der Waals surface area contributed by atoms with Crippen molar-refractivity contribution >= 4 is 23.2 Å². The molecule has 1 aromatic carbocycles. The third-order valence-electron chi connectivity index (χ3n) is 1.56. The average molecular weight is 220 g/mol. The van der Waals surface area contributed by atoms with Crippen LogP contribution in [0.4, 0.5) is 0 Å². The minimum absolute atomic E-state index is 0.605. The summed E-state index contributed by atoms with van der Waals surface area (Å²) in [6.07, 6.45) is 0. The lowest BCUT2D eigenvalue weighted by atomic mass is 10.1. The van der Waals surface area contributed by atoms with E-state index in [0.717, 1.165) is 0 Å². The Kier molecular flexibility index (Phi) is 3.51. The smallest absolute Gasteiger partial charge is 0.263 e. The van der Waals surface area contributed by atoms with Crippen LogP contribution in [0.15, 0.2) is 30.3 Å². The van der Waals surface area contributed by atoms with Gasteiger partial charge in [0, 0.05) is 4.92 Å². The molecule has 0 N–H and O–H groups in total. The van der Waals surface area contributed by atoms with Gasteiger partial charge in [0.25, 0.3) is 0 Å². The molecule has 0 heterocycles. The van der Waals surface area contributed by atoms with Gasteiger partial charge >= 0.3 is 5.50 Å². The van der Waals surface area contributed by atoms with Crippen molar-refractivity contribution in [1.29, 1.82) is 0 Å². The summed E-state index contributed by atoms with van der Waals surface area (Å²) in [5.74, 6) is 0. The van der Waals surface area contributed by atoms with Crippen molar-refractivity contribution in [3.63, 3.8) is 0 Å². The minimum Gasteiger partial charge on any atom is -0.263 e. The molecule has 2 unspecified atom stereocenters. The Bertz CT molecular complexity index is 291. The average Bonchev–Trinajstić information content (AvgIpc) is 2.17. The minimum atomic E-state index is -1.29. The molecule has 1 aromatic rings. The summed E-state index contributed by atoms with van der Waals surface area (Å²) in [5, 5.41) is 9.51. The van der Waals surface area contributed by atoms with Crippen molar-refractivity contribution in [2.24, 2.45) is 0 Å². The first-order valence-electron chi connectivity index (χ1n) is 3.59. The topological polar surface area (TPSA) is 43.1 Å². The molecule has 0 spiro atoms. The van der Waals surface area contributed by atoms with Crippen LogP contribution in [0.25, 0.3) is 0 Å². The molecule has 0 radical (unpaired) electrons. The second-order valence-corrected chi connectivity index (χ2v) is 3.39. The summed E-state index contributed by atoms with van der Waals surface area (Å²) < 4.78 is 0. The van der Waals surface area contributed by atoms with E-state index < -0.39 is 15.8 Å². The normalized spacial score (nSPS) is 14.9. The second kappa shape index (κ2) is 4.44. The number of nitrogens with zero attached hydrogens (tertiary/aromatic N) is 1. The van der Waals surface area contributed by atoms with E-state index in [4.69, 9.17) is 23.2 Å². The van der Waals surface area contributed by atoms with Crippen molar-refractivity contribution in [3.8, 4) is 0 Å². The number of alkyl halides is 2. The molecule has 0 fully saturated rings. The lowest BCUT2D eigenvalue weighted by Gasteiger charge is -2.08. The number of hydrogen-bond donors (Lipinski definition) is 0. The predicted molar refractivity (Wildman–Crippen MR) is 51.7 cm³/mol. The molecule has 70 valence electrons. The molecule has 0 aromatic heterocycles. The highest BCUT2D eigenvalue weighted by Gasteiger charge is 2.28. The Labute approximate surface area is 85.4 Å². The molecule has 13 heavy (non-hydrogen) atoms. The lowest BCUT2D eigenvalue weighted by Crippen LogP contribution is -2.17. The third-order valence-corrected chi connectivity index (χ3v) is 2.59. The number of rotatable bonds is 3. The fourth-order valence-electron chi connectivity index (χ4n) is 0.903. The molecular formula is C8H7Cl2NO2. The number of halogens is 2. The largest absolute Gasteiger partial charge is 0.306 e. The van der Waals surface area contributed by atoms with Gasteiger partial charge in [0.05, 0.1) is 0 Å². The van der Waals surface area contributed by atoms with Crippen molar-refractivity contribution in [2.75, 3.05) is 0 Å². The summed E-state index contributed by atoms with van der Waals surface area (Å²) >= 11 is 11.2. The van der Waals surface area contributed by atoms with Crippen LogP contribution in [-0.4, -0.2) is 10.4 Å². The fourth-order valence-corrected chi connectivity index (χ4v) is 1.29. The van der Waals surface area contributed by atoms with Gasteiger partial charge in [-0.05, 0) is 17.2 Å². The van der Waals surface area contributed by atoms with Crippen molar-refractivity contribution in [3.05, 3.63) is 46.0 Å². The standard InChI is InChI=1S/C8H7Cl2NO2/c9-7(8(10)11(12)13)6-4-2-1-3-5-6/h1-5,7-8H. The monoisotopic (exact) mass is 219 g/mol.